The van der Waals surface area contributed by atoms with Crippen LogP contribution < -0.4 is 15.8 Å². The minimum atomic E-state index is 0.348. The van der Waals surface area contributed by atoms with Crippen LogP contribution in [-0.2, 0) is 0 Å². The van der Waals surface area contributed by atoms with Gasteiger partial charge < -0.3 is 15.8 Å². The molecular formula is C12H11N5O. The second kappa shape index (κ2) is 5.01. The third kappa shape index (κ3) is 2.30. The van der Waals surface area contributed by atoms with Gasteiger partial charge >= 0.3 is 0 Å². The molecule has 0 saturated heterocycles. The second-order valence-electron chi connectivity index (χ2n) is 3.45. The molecule has 0 atom stereocenters. The van der Waals surface area contributed by atoms with Gasteiger partial charge in [-0.3, -0.25) is 0 Å². The highest BCUT2D eigenvalue weighted by Crippen LogP contribution is 2.30. The minimum Gasteiger partial charge on any atom is -0.495 e. The summed E-state index contributed by atoms with van der Waals surface area (Å²) in [4.78, 5) is 7.82. The van der Waals surface area contributed by atoms with Crippen molar-refractivity contribution in [3.63, 3.8) is 0 Å². The number of nitrogens with two attached hydrogens (primary N) is 1. The van der Waals surface area contributed by atoms with Crippen molar-refractivity contribution in [2.75, 3.05) is 18.2 Å². The molecule has 0 saturated carbocycles. The lowest BCUT2D eigenvalue weighted by atomic mass is 10.2. The molecule has 0 unspecified atom stereocenters. The van der Waals surface area contributed by atoms with Crippen molar-refractivity contribution in [2.45, 2.75) is 0 Å². The number of para-hydroxylation sites is 1. The normalized spacial score (nSPS) is 9.56. The van der Waals surface area contributed by atoms with Crippen LogP contribution in [0.3, 0.4) is 0 Å². The molecule has 1 heterocycles. The lowest BCUT2D eigenvalue weighted by molar-refractivity contribution is 0.416. The maximum absolute atomic E-state index is 9.07. The van der Waals surface area contributed by atoms with Crippen LogP contribution in [0.4, 0.5) is 17.3 Å². The molecule has 0 radical (unpaired) electrons. The van der Waals surface area contributed by atoms with Crippen molar-refractivity contribution in [1.82, 2.24) is 9.97 Å². The Bertz CT molecular complexity index is 606. The largest absolute Gasteiger partial charge is 0.495 e. The van der Waals surface area contributed by atoms with Gasteiger partial charge in [0.1, 0.15) is 35.5 Å². The topological polar surface area (TPSA) is 96.8 Å². The second-order valence-corrected chi connectivity index (χ2v) is 3.45. The number of aromatic nitrogens is 2. The summed E-state index contributed by atoms with van der Waals surface area (Å²) in [7, 11) is 1.54. The van der Waals surface area contributed by atoms with Crippen molar-refractivity contribution >= 4 is 17.3 Å². The number of ether oxygens (including phenoxy) is 1. The summed E-state index contributed by atoms with van der Waals surface area (Å²) in [5.74, 6) is 1.41. The third-order valence-electron chi connectivity index (χ3n) is 2.31. The Hall–Kier alpha value is -2.81. The molecule has 0 aliphatic carbocycles. The summed E-state index contributed by atoms with van der Waals surface area (Å²) in [5.41, 5.74) is 6.59. The standard InChI is InChI=1S/C12H11N5O/c1-18-9-4-2-3-8(6-13)12(9)17-11-5-10(14)15-7-16-11/h2-5,7H,1H3,(H3,14,15,16,17). The van der Waals surface area contributed by atoms with Gasteiger partial charge in [0.05, 0.1) is 12.7 Å². The molecule has 0 aliphatic rings. The van der Waals surface area contributed by atoms with E-state index >= 15 is 0 Å². The quantitative estimate of drug-likeness (QED) is 0.848. The summed E-state index contributed by atoms with van der Waals surface area (Å²) in [6, 6.07) is 8.86. The molecule has 3 N–H and O–H groups in total. The molecule has 6 heteroatoms. The molecular weight excluding hydrogens is 230 g/mol. The summed E-state index contributed by atoms with van der Waals surface area (Å²) < 4.78 is 5.20. The highest BCUT2D eigenvalue weighted by Gasteiger charge is 2.09. The number of hydrogen-bond donors (Lipinski definition) is 2. The summed E-state index contributed by atoms with van der Waals surface area (Å²) in [5, 5.41) is 12.1. The van der Waals surface area contributed by atoms with Crippen molar-refractivity contribution in [3.8, 4) is 11.8 Å². The van der Waals surface area contributed by atoms with Crippen LogP contribution in [-0.4, -0.2) is 17.1 Å². The average molecular weight is 241 g/mol. The predicted molar refractivity (Wildman–Crippen MR) is 67.4 cm³/mol. The van der Waals surface area contributed by atoms with Gasteiger partial charge in [0, 0.05) is 6.07 Å². The van der Waals surface area contributed by atoms with Crippen LogP contribution in [0.5, 0.6) is 5.75 Å². The molecule has 1 aromatic heterocycles. The number of benzene rings is 1. The number of anilines is 3. The minimum absolute atomic E-state index is 0.348. The fourth-order valence-corrected chi connectivity index (χ4v) is 1.49. The number of hydrogen-bond acceptors (Lipinski definition) is 6. The van der Waals surface area contributed by atoms with E-state index in [0.29, 0.717) is 28.6 Å². The molecule has 18 heavy (non-hydrogen) atoms. The molecule has 2 rings (SSSR count). The fraction of sp³-hybridized carbons (Fsp3) is 0.0833. The first kappa shape index (κ1) is 11.7. The van der Waals surface area contributed by atoms with Crippen molar-refractivity contribution in [3.05, 3.63) is 36.2 Å². The molecule has 0 fully saturated rings. The number of nitrogen functional groups attached to an aromatic ring is 1. The van der Waals surface area contributed by atoms with Gasteiger partial charge in [-0.15, -0.1) is 0 Å². The van der Waals surface area contributed by atoms with Gasteiger partial charge in [0.25, 0.3) is 0 Å². The van der Waals surface area contributed by atoms with Crippen LogP contribution in [0.1, 0.15) is 5.56 Å². The SMILES string of the molecule is COc1cccc(C#N)c1Nc1cc(N)ncn1. The first-order valence-corrected chi connectivity index (χ1v) is 5.16. The first-order valence-electron chi connectivity index (χ1n) is 5.16. The van der Waals surface area contributed by atoms with E-state index in [1.54, 1.807) is 24.3 Å². The number of methoxy groups -OCH3 is 1. The molecule has 1 aromatic carbocycles. The van der Waals surface area contributed by atoms with Crippen LogP contribution in [0.25, 0.3) is 0 Å². The summed E-state index contributed by atoms with van der Waals surface area (Å²) >= 11 is 0. The van der Waals surface area contributed by atoms with E-state index in [-0.39, 0.29) is 0 Å². The lowest BCUT2D eigenvalue weighted by Gasteiger charge is -2.11. The van der Waals surface area contributed by atoms with Gasteiger partial charge in [-0.2, -0.15) is 5.26 Å². The molecule has 2 aromatic rings. The maximum atomic E-state index is 9.07. The van der Waals surface area contributed by atoms with Crippen molar-refractivity contribution < 1.29 is 4.74 Å². The maximum Gasteiger partial charge on any atom is 0.143 e. The Kier molecular flexibility index (Phi) is 3.25. The summed E-state index contributed by atoms with van der Waals surface area (Å²) in [6.07, 6.45) is 1.35. The molecule has 0 spiro atoms. The van der Waals surface area contributed by atoms with E-state index in [1.165, 1.54) is 13.4 Å². The average Bonchev–Trinajstić information content (AvgIpc) is 2.39. The molecule has 0 amide bonds. The zero-order chi connectivity index (χ0) is 13.0. The predicted octanol–water partition coefficient (Wildman–Crippen LogP) is 1.68. The number of nitriles is 1. The van der Waals surface area contributed by atoms with E-state index in [4.69, 9.17) is 15.7 Å². The van der Waals surface area contributed by atoms with Gasteiger partial charge in [-0.1, -0.05) is 6.07 Å². The van der Waals surface area contributed by atoms with Crippen molar-refractivity contribution in [1.29, 1.82) is 5.26 Å². The molecule has 0 bridgehead atoms. The van der Waals surface area contributed by atoms with E-state index in [1.807, 2.05) is 0 Å². The Balaban J connectivity index is 2.42. The van der Waals surface area contributed by atoms with E-state index < -0.39 is 0 Å². The van der Waals surface area contributed by atoms with Crippen molar-refractivity contribution in [2.24, 2.45) is 0 Å². The van der Waals surface area contributed by atoms with E-state index in [9.17, 15) is 0 Å². The molecule has 0 aliphatic heterocycles. The zero-order valence-electron chi connectivity index (χ0n) is 9.71. The van der Waals surface area contributed by atoms with Crippen LogP contribution in [0.2, 0.25) is 0 Å². The lowest BCUT2D eigenvalue weighted by Crippen LogP contribution is -2.01. The Morgan fingerprint density at radius 2 is 2.22 bits per heavy atom. The van der Waals surface area contributed by atoms with Gasteiger partial charge in [0.2, 0.25) is 0 Å². The smallest absolute Gasteiger partial charge is 0.143 e. The number of rotatable bonds is 3. The van der Waals surface area contributed by atoms with E-state index in [2.05, 4.69) is 21.4 Å². The Labute approximate surface area is 104 Å². The molecule has 90 valence electrons. The van der Waals surface area contributed by atoms with Crippen LogP contribution >= 0.6 is 0 Å². The number of nitrogens with one attached hydrogen (secondary N) is 1. The summed E-state index contributed by atoms with van der Waals surface area (Å²) in [6.45, 7) is 0. The molecule has 6 nitrogen and oxygen atoms in total. The highest BCUT2D eigenvalue weighted by atomic mass is 16.5. The zero-order valence-corrected chi connectivity index (χ0v) is 9.71. The Morgan fingerprint density at radius 3 is 2.89 bits per heavy atom. The van der Waals surface area contributed by atoms with E-state index in [0.717, 1.165) is 0 Å². The van der Waals surface area contributed by atoms with Gasteiger partial charge in [-0.05, 0) is 12.1 Å². The van der Waals surface area contributed by atoms with Gasteiger partial charge in [0.15, 0.2) is 0 Å². The monoisotopic (exact) mass is 241 g/mol. The third-order valence-corrected chi connectivity index (χ3v) is 2.31. The van der Waals surface area contributed by atoms with Gasteiger partial charge in [-0.25, -0.2) is 9.97 Å². The number of nitrogens with zero attached hydrogens (tertiary/aromatic N) is 3. The van der Waals surface area contributed by atoms with Crippen LogP contribution in [0, 0.1) is 11.3 Å². The fourth-order valence-electron chi connectivity index (χ4n) is 1.49. The highest BCUT2D eigenvalue weighted by molar-refractivity contribution is 5.72. The first-order chi connectivity index (χ1) is 8.74. The van der Waals surface area contributed by atoms with Crippen LogP contribution in [0.15, 0.2) is 30.6 Å². The Morgan fingerprint density at radius 1 is 1.39 bits per heavy atom.